The van der Waals surface area contributed by atoms with E-state index in [0.717, 1.165) is 23.0 Å². The summed E-state index contributed by atoms with van der Waals surface area (Å²) < 4.78 is 19.6. The van der Waals surface area contributed by atoms with Crippen molar-refractivity contribution in [3.05, 3.63) is 81.9 Å². The molecule has 0 N–H and O–H groups in total. The first-order valence-electron chi connectivity index (χ1n) is 8.71. The average Bonchev–Trinajstić information content (AvgIpc) is 3.00. The van der Waals surface area contributed by atoms with Crippen molar-refractivity contribution in [2.24, 2.45) is 0 Å². The number of hydrogen-bond acceptors (Lipinski definition) is 6. The Kier molecular flexibility index (Phi) is 5.80. The number of ether oxygens (including phenoxy) is 1. The van der Waals surface area contributed by atoms with Crippen molar-refractivity contribution >= 4 is 57.6 Å². The quantitative estimate of drug-likeness (QED) is 0.281. The summed E-state index contributed by atoms with van der Waals surface area (Å²) in [4.78, 5) is 22.1. The van der Waals surface area contributed by atoms with Crippen LogP contribution in [0.15, 0.2) is 59.6 Å². The Morgan fingerprint density at radius 1 is 1.17 bits per heavy atom. The molecule has 9 heteroatoms. The number of aromatic nitrogens is 2. The summed E-state index contributed by atoms with van der Waals surface area (Å²) >= 11 is 12.3. The Hall–Kier alpha value is -2.81. The fraction of sp³-hybridized carbons (Fsp3) is 0.0476. The Morgan fingerprint density at radius 2 is 1.87 bits per heavy atom. The summed E-state index contributed by atoms with van der Waals surface area (Å²) in [6, 6.07) is 14.4. The first-order valence-corrected chi connectivity index (χ1v) is 10.3. The van der Waals surface area contributed by atoms with Crippen molar-refractivity contribution < 1.29 is 13.9 Å². The number of benzene rings is 2. The van der Waals surface area contributed by atoms with Gasteiger partial charge in [-0.3, -0.25) is 9.69 Å². The zero-order valence-electron chi connectivity index (χ0n) is 15.5. The summed E-state index contributed by atoms with van der Waals surface area (Å²) in [5, 5.41) is -0.112. The summed E-state index contributed by atoms with van der Waals surface area (Å²) in [7, 11) is 0. The lowest BCUT2D eigenvalue weighted by Gasteiger charge is -2.14. The molecular formula is C21H13ClFN3O2S2. The van der Waals surface area contributed by atoms with Crippen molar-refractivity contribution in [3.63, 3.8) is 0 Å². The molecule has 1 aliphatic rings. The van der Waals surface area contributed by atoms with Gasteiger partial charge < -0.3 is 4.74 Å². The molecule has 2 heterocycles. The molecule has 4 rings (SSSR count). The third kappa shape index (κ3) is 4.35. The van der Waals surface area contributed by atoms with Crippen LogP contribution in [-0.2, 0) is 4.79 Å². The van der Waals surface area contributed by atoms with Gasteiger partial charge in [0, 0.05) is 0 Å². The molecule has 1 saturated heterocycles. The molecule has 5 nitrogen and oxygen atoms in total. The van der Waals surface area contributed by atoms with Crippen LogP contribution in [0.25, 0.3) is 6.08 Å². The molecule has 30 heavy (non-hydrogen) atoms. The van der Waals surface area contributed by atoms with E-state index in [4.69, 9.17) is 28.6 Å². The number of rotatable bonds is 4. The monoisotopic (exact) mass is 457 g/mol. The number of carbonyl (C=O) groups is 1. The highest BCUT2D eigenvalue weighted by Crippen LogP contribution is 2.36. The maximum atomic E-state index is 13.7. The molecule has 0 aliphatic carbocycles. The maximum Gasteiger partial charge on any atom is 0.270 e. The van der Waals surface area contributed by atoms with Crippen molar-refractivity contribution in [1.29, 1.82) is 0 Å². The van der Waals surface area contributed by atoms with Gasteiger partial charge in [-0.1, -0.05) is 53.8 Å². The fourth-order valence-electron chi connectivity index (χ4n) is 2.68. The average molecular weight is 458 g/mol. The SMILES string of the molecule is Cc1ccc(N2C(=O)/C(=C\c3ccc(Oc4nc(Cl)ncc4F)cc3)SC2=S)cc1. The van der Waals surface area contributed by atoms with E-state index in [2.05, 4.69) is 9.97 Å². The molecule has 2 aromatic carbocycles. The van der Waals surface area contributed by atoms with Crippen molar-refractivity contribution in [2.75, 3.05) is 4.90 Å². The molecule has 0 bridgehead atoms. The van der Waals surface area contributed by atoms with Crippen molar-refractivity contribution in [3.8, 4) is 11.6 Å². The van der Waals surface area contributed by atoms with Crippen LogP contribution in [0.4, 0.5) is 10.1 Å². The van der Waals surface area contributed by atoms with Gasteiger partial charge in [0.2, 0.25) is 11.1 Å². The fourth-order valence-corrected chi connectivity index (χ4v) is 4.11. The van der Waals surface area contributed by atoms with Gasteiger partial charge in [0.1, 0.15) is 5.75 Å². The summed E-state index contributed by atoms with van der Waals surface area (Å²) in [5.74, 6) is -0.787. The number of nitrogens with zero attached hydrogens (tertiary/aromatic N) is 3. The Bertz CT molecular complexity index is 1170. The standard InChI is InChI=1S/C21H13ClFN3O2S2/c1-12-2-6-14(7-3-12)26-19(27)17(30-21(26)29)10-13-4-8-15(9-5-13)28-18-16(23)11-24-20(22)25-18/h2-11H,1H3/b17-10+. The molecule has 3 aromatic rings. The third-order valence-corrected chi connectivity index (χ3v) is 5.65. The minimum absolute atomic E-state index is 0.112. The van der Waals surface area contributed by atoms with Crippen LogP contribution in [0, 0.1) is 12.7 Å². The number of anilines is 1. The molecule has 0 radical (unpaired) electrons. The van der Waals surface area contributed by atoms with Crippen molar-refractivity contribution in [2.45, 2.75) is 6.92 Å². The molecule has 0 spiro atoms. The van der Waals surface area contributed by atoms with E-state index in [1.54, 1.807) is 30.3 Å². The second-order valence-corrected chi connectivity index (χ2v) is 8.33. The zero-order chi connectivity index (χ0) is 21.3. The lowest BCUT2D eigenvalue weighted by molar-refractivity contribution is -0.113. The molecule has 1 fully saturated rings. The van der Waals surface area contributed by atoms with E-state index < -0.39 is 5.82 Å². The Labute approximate surface area is 186 Å². The van der Waals surface area contributed by atoms with Gasteiger partial charge >= 0.3 is 0 Å². The summed E-state index contributed by atoms with van der Waals surface area (Å²) in [6.07, 6.45) is 2.69. The Balaban J connectivity index is 1.52. The molecular weight excluding hydrogens is 445 g/mol. The van der Waals surface area contributed by atoms with E-state index in [0.29, 0.717) is 15.0 Å². The van der Waals surface area contributed by atoms with Crippen LogP contribution in [0.3, 0.4) is 0 Å². The number of thioether (sulfide) groups is 1. The number of aryl methyl sites for hydroxylation is 1. The predicted molar refractivity (Wildman–Crippen MR) is 120 cm³/mol. The normalized spacial score (nSPS) is 15.2. The van der Waals surface area contributed by atoms with Crippen LogP contribution < -0.4 is 9.64 Å². The lowest BCUT2D eigenvalue weighted by atomic mass is 10.2. The van der Waals surface area contributed by atoms with Gasteiger partial charge in [0.05, 0.1) is 16.8 Å². The Morgan fingerprint density at radius 3 is 2.57 bits per heavy atom. The number of thiocarbonyl (C=S) groups is 1. The number of hydrogen-bond donors (Lipinski definition) is 0. The van der Waals surface area contributed by atoms with E-state index in [9.17, 15) is 9.18 Å². The molecule has 0 saturated carbocycles. The second kappa shape index (κ2) is 8.51. The van der Waals surface area contributed by atoms with Gasteiger partial charge in [-0.15, -0.1) is 0 Å². The van der Waals surface area contributed by atoms with Gasteiger partial charge in [0.15, 0.2) is 4.32 Å². The highest BCUT2D eigenvalue weighted by molar-refractivity contribution is 8.27. The maximum absolute atomic E-state index is 13.7. The van der Waals surface area contributed by atoms with Crippen LogP contribution in [0.5, 0.6) is 11.6 Å². The van der Waals surface area contributed by atoms with Gasteiger partial charge in [-0.25, -0.2) is 4.98 Å². The number of amides is 1. The minimum Gasteiger partial charge on any atom is -0.436 e. The highest BCUT2D eigenvalue weighted by Gasteiger charge is 2.33. The molecule has 150 valence electrons. The zero-order valence-corrected chi connectivity index (χ0v) is 17.9. The summed E-state index contributed by atoms with van der Waals surface area (Å²) in [5.41, 5.74) is 2.61. The minimum atomic E-state index is -0.719. The van der Waals surface area contributed by atoms with Crippen molar-refractivity contribution in [1.82, 2.24) is 9.97 Å². The van der Waals surface area contributed by atoms with Gasteiger partial charge in [-0.05, 0) is 54.4 Å². The van der Waals surface area contributed by atoms with Gasteiger partial charge in [0.25, 0.3) is 11.8 Å². The largest absolute Gasteiger partial charge is 0.436 e. The van der Waals surface area contributed by atoms with Crippen LogP contribution in [0.2, 0.25) is 5.28 Å². The molecule has 1 amide bonds. The molecule has 0 atom stereocenters. The lowest BCUT2D eigenvalue weighted by Crippen LogP contribution is -2.27. The van der Waals surface area contributed by atoms with Crippen LogP contribution in [-0.4, -0.2) is 20.2 Å². The van der Waals surface area contributed by atoms with E-state index in [1.165, 1.54) is 16.7 Å². The smallest absolute Gasteiger partial charge is 0.270 e. The molecule has 1 aromatic heterocycles. The van der Waals surface area contributed by atoms with Crippen LogP contribution in [0.1, 0.15) is 11.1 Å². The highest BCUT2D eigenvalue weighted by atomic mass is 35.5. The predicted octanol–water partition coefficient (Wildman–Crippen LogP) is 5.78. The molecule has 0 unspecified atom stereocenters. The second-order valence-electron chi connectivity index (χ2n) is 6.32. The van der Waals surface area contributed by atoms with Gasteiger partial charge in [-0.2, -0.15) is 9.37 Å². The van der Waals surface area contributed by atoms with E-state index >= 15 is 0 Å². The third-order valence-electron chi connectivity index (χ3n) is 4.16. The first kappa shape index (κ1) is 20.5. The van der Waals surface area contributed by atoms with Crippen LogP contribution >= 0.6 is 35.6 Å². The summed E-state index contributed by atoms with van der Waals surface area (Å²) in [6.45, 7) is 1.98. The first-order chi connectivity index (χ1) is 14.4. The van der Waals surface area contributed by atoms with E-state index in [-0.39, 0.29) is 17.1 Å². The van der Waals surface area contributed by atoms with E-state index in [1.807, 2.05) is 31.2 Å². The topological polar surface area (TPSA) is 55.3 Å². The number of halogens is 2. The molecule has 1 aliphatic heterocycles. The number of carbonyl (C=O) groups excluding carboxylic acids is 1.